The van der Waals surface area contributed by atoms with E-state index in [4.69, 9.17) is 4.74 Å². The van der Waals surface area contributed by atoms with Gasteiger partial charge in [-0.3, -0.25) is 0 Å². The smallest absolute Gasteiger partial charge is 0.134 e. The van der Waals surface area contributed by atoms with Crippen LogP contribution in [0.15, 0.2) is 59.4 Å². The Morgan fingerprint density at radius 2 is 1.89 bits per heavy atom. The Labute approximate surface area is 108 Å². The molecular formula is C17H18O. The lowest BCUT2D eigenvalue weighted by Crippen LogP contribution is -2.06. The van der Waals surface area contributed by atoms with Crippen LogP contribution in [-0.4, -0.2) is 6.61 Å². The molecule has 0 saturated heterocycles. The maximum Gasteiger partial charge on any atom is 0.134 e. The predicted octanol–water partition coefficient (Wildman–Crippen LogP) is 4.34. The van der Waals surface area contributed by atoms with Crippen LogP contribution in [0.2, 0.25) is 0 Å². The van der Waals surface area contributed by atoms with Gasteiger partial charge < -0.3 is 4.74 Å². The van der Waals surface area contributed by atoms with Gasteiger partial charge in [0, 0.05) is 17.6 Å². The zero-order valence-electron chi connectivity index (χ0n) is 10.9. The van der Waals surface area contributed by atoms with E-state index in [-0.39, 0.29) is 0 Å². The fourth-order valence-electron chi connectivity index (χ4n) is 2.62. The van der Waals surface area contributed by atoms with E-state index >= 15 is 0 Å². The van der Waals surface area contributed by atoms with Crippen molar-refractivity contribution in [3.05, 3.63) is 65.0 Å². The summed E-state index contributed by atoms with van der Waals surface area (Å²) in [7, 11) is 0. The second-order valence-electron chi connectivity index (χ2n) is 5.12. The molecule has 0 saturated carbocycles. The standard InChI is InChI=1S/C17H18O/c1-12(2)15-11-16(13-7-4-3-5-8-13)17-14(15)9-6-10-18-17/h3-5,7-9,11-12H,6,10H2,1-2H3. The molecule has 0 N–H and O–H groups in total. The Hall–Kier alpha value is -1.76. The summed E-state index contributed by atoms with van der Waals surface area (Å²) in [6.07, 6.45) is 5.64. The zero-order valence-corrected chi connectivity index (χ0v) is 10.9. The zero-order chi connectivity index (χ0) is 12.5. The molecule has 92 valence electrons. The van der Waals surface area contributed by atoms with Gasteiger partial charge in [0.2, 0.25) is 0 Å². The summed E-state index contributed by atoms with van der Waals surface area (Å²) in [4.78, 5) is 0. The number of rotatable bonds is 2. The average Bonchev–Trinajstić information content (AvgIpc) is 2.79. The minimum atomic E-state index is 0.536. The highest BCUT2D eigenvalue weighted by molar-refractivity contribution is 5.86. The number of hydrogen-bond acceptors (Lipinski definition) is 1. The molecular weight excluding hydrogens is 220 g/mol. The summed E-state index contributed by atoms with van der Waals surface area (Å²) in [6.45, 7) is 5.29. The molecule has 1 heteroatoms. The first-order chi connectivity index (χ1) is 8.77. The van der Waals surface area contributed by atoms with Crippen molar-refractivity contribution in [1.82, 2.24) is 0 Å². The van der Waals surface area contributed by atoms with Crippen LogP contribution >= 0.6 is 0 Å². The molecule has 0 spiro atoms. The average molecular weight is 238 g/mol. The van der Waals surface area contributed by atoms with Crippen LogP contribution < -0.4 is 0 Å². The first-order valence-corrected chi connectivity index (χ1v) is 6.62. The van der Waals surface area contributed by atoms with E-state index in [1.807, 2.05) is 0 Å². The number of ether oxygens (including phenoxy) is 1. The molecule has 0 atom stereocenters. The topological polar surface area (TPSA) is 9.23 Å². The number of hydrogen-bond donors (Lipinski definition) is 0. The largest absolute Gasteiger partial charge is 0.492 e. The summed E-state index contributed by atoms with van der Waals surface area (Å²) in [5.74, 6) is 1.62. The van der Waals surface area contributed by atoms with Crippen LogP contribution in [0.25, 0.3) is 5.57 Å². The number of allylic oxidation sites excluding steroid dienone is 3. The molecule has 0 aromatic heterocycles. The fourth-order valence-corrected chi connectivity index (χ4v) is 2.62. The van der Waals surface area contributed by atoms with E-state index < -0.39 is 0 Å². The summed E-state index contributed by atoms with van der Waals surface area (Å²) in [6, 6.07) is 10.5. The molecule has 3 rings (SSSR count). The first kappa shape index (κ1) is 11.3. The minimum absolute atomic E-state index is 0.536. The van der Waals surface area contributed by atoms with Crippen LogP contribution in [0, 0.1) is 5.92 Å². The van der Waals surface area contributed by atoms with Gasteiger partial charge in [0.05, 0.1) is 6.61 Å². The second-order valence-corrected chi connectivity index (χ2v) is 5.12. The third-order valence-corrected chi connectivity index (χ3v) is 3.52. The quantitative estimate of drug-likeness (QED) is 0.744. The van der Waals surface area contributed by atoms with Gasteiger partial charge in [-0.15, -0.1) is 0 Å². The van der Waals surface area contributed by atoms with Crippen LogP contribution in [0.1, 0.15) is 25.8 Å². The van der Waals surface area contributed by atoms with Crippen molar-refractivity contribution in [3.63, 3.8) is 0 Å². The lowest BCUT2D eigenvalue weighted by atomic mass is 9.96. The Bertz CT molecular complexity index is 544. The summed E-state index contributed by atoms with van der Waals surface area (Å²) >= 11 is 0. The normalized spacial score (nSPS) is 18.4. The molecule has 0 bridgehead atoms. The van der Waals surface area contributed by atoms with E-state index in [9.17, 15) is 0 Å². The van der Waals surface area contributed by atoms with Gasteiger partial charge in [0.25, 0.3) is 0 Å². The maximum atomic E-state index is 5.91. The SMILES string of the molecule is CC(C)C1=CC(c2ccccc2)=C2OCCC=C12. The van der Waals surface area contributed by atoms with Crippen molar-refractivity contribution in [2.24, 2.45) is 5.92 Å². The first-order valence-electron chi connectivity index (χ1n) is 6.62. The van der Waals surface area contributed by atoms with Crippen LogP contribution in [0.5, 0.6) is 0 Å². The molecule has 0 amide bonds. The van der Waals surface area contributed by atoms with E-state index in [1.54, 1.807) is 0 Å². The van der Waals surface area contributed by atoms with Gasteiger partial charge in [-0.1, -0.05) is 50.3 Å². The van der Waals surface area contributed by atoms with E-state index in [2.05, 4.69) is 56.3 Å². The van der Waals surface area contributed by atoms with Crippen molar-refractivity contribution >= 4 is 5.57 Å². The van der Waals surface area contributed by atoms with Gasteiger partial charge in [-0.2, -0.15) is 0 Å². The Balaban J connectivity index is 2.12. The maximum absolute atomic E-state index is 5.91. The van der Waals surface area contributed by atoms with Crippen molar-refractivity contribution in [3.8, 4) is 0 Å². The molecule has 1 aromatic carbocycles. The third kappa shape index (κ3) is 1.80. The molecule has 1 nitrogen and oxygen atoms in total. The van der Waals surface area contributed by atoms with Gasteiger partial charge in [0.1, 0.15) is 5.76 Å². The van der Waals surface area contributed by atoms with E-state index in [0.717, 1.165) is 18.8 Å². The Kier molecular flexibility index (Phi) is 2.83. The Morgan fingerprint density at radius 3 is 2.61 bits per heavy atom. The highest BCUT2D eigenvalue weighted by Gasteiger charge is 2.27. The summed E-state index contributed by atoms with van der Waals surface area (Å²) in [5, 5.41) is 0. The molecule has 2 aliphatic rings. The van der Waals surface area contributed by atoms with Crippen molar-refractivity contribution in [2.45, 2.75) is 20.3 Å². The number of benzene rings is 1. The molecule has 0 radical (unpaired) electrons. The van der Waals surface area contributed by atoms with Gasteiger partial charge in [0.15, 0.2) is 0 Å². The molecule has 0 unspecified atom stereocenters. The monoisotopic (exact) mass is 238 g/mol. The third-order valence-electron chi connectivity index (χ3n) is 3.52. The molecule has 1 aliphatic carbocycles. The molecule has 18 heavy (non-hydrogen) atoms. The highest BCUT2D eigenvalue weighted by Crippen LogP contribution is 2.42. The minimum Gasteiger partial charge on any atom is -0.492 e. The lowest BCUT2D eigenvalue weighted by Gasteiger charge is -2.19. The van der Waals surface area contributed by atoms with Crippen molar-refractivity contribution in [2.75, 3.05) is 6.61 Å². The van der Waals surface area contributed by atoms with Crippen LogP contribution in [-0.2, 0) is 4.74 Å². The van der Waals surface area contributed by atoms with Gasteiger partial charge >= 0.3 is 0 Å². The molecule has 0 fully saturated rings. The van der Waals surface area contributed by atoms with Crippen molar-refractivity contribution in [1.29, 1.82) is 0 Å². The van der Waals surface area contributed by atoms with Gasteiger partial charge in [-0.25, -0.2) is 0 Å². The highest BCUT2D eigenvalue weighted by atomic mass is 16.5. The van der Waals surface area contributed by atoms with Gasteiger partial charge in [-0.05, 0) is 23.1 Å². The summed E-state index contributed by atoms with van der Waals surface area (Å²) < 4.78 is 5.91. The predicted molar refractivity (Wildman–Crippen MR) is 74.9 cm³/mol. The molecule has 1 heterocycles. The lowest BCUT2D eigenvalue weighted by molar-refractivity contribution is 0.219. The van der Waals surface area contributed by atoms with Crippen LogP contribution in [0.4, 0.5) is 0 Å². The second kappa shape index (κ2) is 4.49. The summed E-state index contributed by atoms with van der Waals surface area (Å²) in [5.41, 5.74) is 5.21. The van der Waals surface area contributed by atoms with E-state index in [1.165, 1.54) is 22.3 Å². The molecule has 1 aliphatic heterocycles. The van der Waals surface area contributed by atoms with Crippen LogP contribution in [0.3, 0.4) is 0 Å². The molecule has 1 aromatic rings. The Morgan fingerprint density at radius 1 is 1.11 bits per heavy atom. The van der Waals surface area contributed by atoms with Crippen molar-refractivity contribution < 1.29 is 4.74 Å². The fraction of sp³-hybridized carbons (Fsp3) is 0.294. The van der Waals surface area contributed by atoms with E-state index in [0.29, 0.717) is 5.92 Å². The number of fused-ring (bicyclic) bond motifs is 1.